The molecule has 0 N–H and O–H groups in total. The Balaban J connectivity index is 2.45. The van der Waals surface area contributed by atoms with Gasteiger partial charge in [-0.3, -0.25) is 0 Å². The van der Waals surface area contributed by atoms with Crippen LogP contribution in [0.2, 0.25) is 0 Å². The van der Waals surface area contributed by atoms with Crippen LogP contribution in [-0.4, -0.2) is 0 Å². The predicted molar refractivity (Wildman–Crippen MR) is 63.6 cm³/mol. The first-order valence-electron chi connectivity index (χ1n) is 4.12. The smallest absolute Gasteiger partial charge is 0.0345 e. The lowest BCUT2D eigenvalue weighted by Crippen LogP contribution is -1.75. The summed E-state index contributed by atoms with van der Waals surface area (Å²) in [5.74, 6) is 0. The molecule has 0 saturated heterocycles. The molecule has 66 valence electrons. The lowest BCUT2D eigenvalue weighted by molar-refractivity contribution is 1.33. The van der Waals surface area contributed by atoms with E-state index in [0.29, 0.717) is 0 Å². The summed E-state index contributed by atoms with van der Waals surface area (Å²) in [6, 6.07) is 8.53. The van der Waals surface area contributed by atoms with Gasteiger partial charge in [-0.1, -0.05) is 40.2 Å². The van der Waals surface area contributed by atoms with Gasteiger partial charge >= 0.3 is 0 Å². The van der Waals surface area contributed by atoms with Crippen LogP contribution in [-0.2, 0) is 6.42 Å². The van der Waals surface area contributed by atoms with Gasteiger partial charge in [0.1, 0.15) is 0 Å². The number of allylic oxidation sites excluding steroid dienone is 1. The predicted octanol–water partition coefficient (Wildman–Crippen LogP) is 4.35. The monoisotopic (exact) mass is 252 g/mol. The van der Waals surface area contributed by atoms with Crippen molar-refractivity contribution in [3.05, 3.63) is 46.3 Å². The third kappa shape index (κ3) is 1.84. The van der Waals surface area contributed by atoms with E-state index in [9.17, 15) is 0 Å². The molecule has 0 aliphatic rings. The molecule has 0 saturated carbocycles. The minimum Gasteiger partial charge on any atom is -0.144 e. The maximum Gasteiger partial charge on any atom is 0.0345 e. The van der Waals surface area contributed by atoms with Crippen LogP contribution >= 0.6 is 27.3 Å². The van der Waals surface area contributed by atoms with Crippen LogP contribution in [0.15, 0.2) is 40.7 Å². The van der Waals surface area contributed by atoms with Crippen LogP contribution < -0.4 is 0 Å². The van der Waals surface area contributed by atoms with Crippen LogP contribution in [0.1, 0.15) is 5.56 Å². The number of hydrogen-bond donors (Lipinski definition) is 0. The summed E-state index contributed by atoms with van der Waals surface area (Å²) in [6.45, 7) is 0. The molecule has 0 aliphatic heterocycles. The van der Waals surface area contributed by atoms with E-state index < -0.39 is 0 Å². The first kappa shape index (κ1) is 8.97. The van der Waals surface area contributed by atoms with Crippen molar-refractivity contribution in [2.24, 2.45) is 0 Å². The third-order valence-electron chi connectivity index (χ3n) is 1.99. The van der Waals surface area contributed by atoms with Gasteiger partial charge in [-0.25, -0.2) is 0 Å². The van der Waals surface area contributed by atoms with E-state index >= 15 is 0 Å². The maximum absolute atomic E-state index is 3.28. The topological polar surface area (TPSA) is 0 Å². The Labute approximate surface area is 90.0 Å². The first-order valence-corrected chi connectivity index (χ1v) is 5.91. The summed E-state index contributed by atoms with van der Waals surface area (Å²) in [5, 5.41) is 3.62. The molecule has 0 spiro atoms. The number of benzene rings is 1. The fourth-order valence-corrected chi connectivity index (χ4v) is 2.52. The number of fused-ring (bicyclic) bond motifs is 1. The highest BCUT2D eigenvalue weighted by Crippen LogP contribution is 2.25. The van der Waals surface area contributed by atoms with E-state index in [2.05, 4.69) is 51.7 Å². The Kier molecular flexibility index (Phi) is 2.81. The SMILES string of the molecule is BrC=CCc1csc2ccccc12. The summed E-state index contributed by atoms with van der Waals surface area (Å²) in [7, 11) is 0. The average Bonchev–Trinajstić information content (AvgIpc) is 2.58. The van der Waals surface area contributed by atoms with E-state index in [1.54, 1.807) is 0 Å². The number of halogens is 1. The molecule has 0 fully saturated rings. The van der Waals surface area contributed by atoms with Gasteiger partial charge in [-0.05, 0) is 33.8 Å². The molecule has 1 aromatic carbocycles. The van der Waals surface area contributed by atoms with E-state index in [1.807, 2.05) is 16.3 Å². The van der Waals surface area contributed by atoms with Gasteiger partial charge in [0, 0.05) is 4.70 Å². The molecule has 1 aromatic heterocycles. The van der Waals surface area contributed by atoms with Crippen LogP contribution in [0.25, 0.3) is 10.1 Å². The minimum atomic E-state index is 1.01. The van der Waals surface area contributed by atoms with Gasteiger partial charge < -0.3 is 0 Å². The zero-order valence-electron chi connectivity index (χ0n) is 7.03. The van der Waals surface area contributed by atoms with E-state index in [4.69, 9.17) is 0 Å². The molecule has 2 aromatic rings. The van der Waals surface area contributed by atoms with Crippen molar-refractivity contribution < 1.29 is 0 Å². The van der Waals surface area contributed by atoms with E-state index in [1.165, 1.54) is 15.6 Å². The molecule has 2 heteroatoms. The fourth-order valence-electron chi connectivity index (χ4n) is 1.36. The van der Waals surface area contributed by atoms with E-state index in [-0.39, 0.29) is 0 Å². The summed E-state index contributed by atoms with van der Waals surface area (Å²) in [5.41, 5.74) is 1.41. The number of rotatable bonds is 2. The first-order chi connectivity index (χ1) is 6.42. The van der Waals surface area contributed by atoms with Crippen LogP contribution in [0.5, 0.6) is 0 Å². The van der Waals surface area contributed by atoms with Crippen molar-refractivity contribution in [3.63, 3.8) is 0 Å². The molecule has 0 atom stereocenters. The quantitative estimate of drug-likeness (QED) is 0.746. The highest BCUT2D eigenvalue weighted by atomic mass is 79.9. The molecule has 2 rings (SSSR count). The molecule has 13 heavy (non-hydrogen) atoms. The zero-order valence-corrected chi connectivity index (χ0v) is 9.44. The van der Waals surface area contributed by atoms with Crippen molar-refractivity contribution in [2.75, 3.05) is 0 Å². The lowest BCUT2D eigenvalue weighted by atomic mass is 10.1. The average molecular weight is 253 g/mol. The zero-order chi connectivity index (χ0) is 9.10. The summed E-state index contributed by atoms with van der Waals surface area (Å²) in [4.78, 5) is 1.92. The maximum atomic E-state index is 3.28. The van der Waals surface area contributed by atoms with Gasteiger partial charge in [0.05, 0.1) is 0 Å². The number of thiophene rings is 1. The second-order valence-corrected chi connectivity index (χ2v) is 4.26. The second-order valence-electron chi connectivity index (χ2n) is 2.82. The molecule has 1 heterocycles. The van der Waals surface area contributed by atoms with Crippen molar-refractivity contribution in [3.8, 4) is 0 Å². The van der Waals surface area contributed by atoms with Crippen LogP contribution in [0.3, 0.4) is 0 Å². The van der Waals surface area contributed by atoms with Gasteiger partial charge in [0.25, 0.3) is 0 Å². The summed E-state index contributed by atoms with van der Waals surface area (Å²) < 4.78 is 1.38. The highest BCUT2D eigenvalue weighted by Gasteiger charge is 2.00. The molecule has 0 unspecified atom stereocenters. The lowest BCUT2D eigenvalue weighted by Gasteiger charge is -1.92. The minimum absolute atomic E-state index is 1.01. The second kappa shape index (κ2) is 4.07. The molecule has 0 bridgehead atoms. The van der Waals surface area contributed by atoms with E-state index in [0.717, 1.165) is 6.42 Å². The Morgan fingerprint density at radius 2 is 2.15 bits per heavy atom. The number of hydrogen-bond acceptors (Lipinski definition) is 1. The third-order valence-corrected chi connectivity index (χ3v) is 3.37. The Morgan fingerprint density at radius 3 is 3.00 bits per heavy atom. The Hall–Kier alpha value is -0.600. The van der Waals surface area contributed by atoms with Crippen molar-refractivity contribution in [1.29, 1.82) is 0 Å². The van der Waals surface area contributed by atoms with Crippen molar-refractivity contribution >= 4 is 37.4 Å². The Morgan fingerprint density at radius 1 is 1.31 bits per heavy atom. The normalized spacial score (nSPS) is 11.5. The van der Waals surface area contributed by atoms with Gasteiger partial charge in [0.2, 0.25) is 0 Å². The molecular formula is C11H9BrS. The van der Waals surface area contributed by atoms with Gasteiger partial charge in [-0.15, -0.1) is 11.3 Å². The summed E-state index contributed by atoms with van der Waals surface area (Å²) in [6.07, 6.45) is 3.13. The summed E-state index contributed by atoms with van der Waals surface area (Å²) >= 11 is 5.10. The van der Waals surface area contributed by atoms with Crippen molar-refractivity contribution in [2.45, 2.75) is 6.42 Å². The Bertz CT molecular complexity index is 428. The molecule has 0 amide bonds. The van der Waals surface area contributed by atoms with Crippen LogP contribution in [0.4, 0.5) is 0 Å². The molecule has 0 nitrogen and oxygen atoms in total. The fraction of sp³-hybridized carbons (Fsp3) is 0.0909. The van der Waals surface area contributed by atoms with Crippen LogP contribution in [0, 0.1) is 0 Å². The molecule has 0 aliphatic carbocycles. The van der Waals surface area contributed by atoms with Gasteiger partial charge in [0.15, 0.2) is 0 Å². The standard InChI is InChI=1S/C11H9BrS/c12-7-3-4-9-8-13-11-6-2-1-5-10(9)11/h1-3,5-8H,4H2. The van der Waals surface area contributed by atoms with Gasteiger partial charge in [-0.2, -0.15) is 0 Å². The van der Waals surface area contributed by atoms with Crippen molar-refractivity contribution in [1.82, 2.24) is 0 Å². The largest absolute Gasteiger partial charge is 0.144 e. The molecule has 0 radical (unpaired) electrons. The molecular weight excluding hydrogens is 244 g/mol. The highest BCUT2D eigenvalue weighted by molar-refractivity contribution is 9.11.